The summed E-state index contributed by atoms with van der Waals surface area (Å²) >= 11 is 0. The van der Waals surface area contributed by atoms with Crippen LogP contribution in [0.15, 0.2) is 71.4 Å². The molecule has 1 saturated heterocycles. The summed E-state index contributed by atoms with van der Waals surface area (Å²) in [7, 11) is 1.20. The Bertz CT molecular complexity index is 2240. The molecule has 12 N–H and O–H groups in total. The van der Waals surface area contributed by atoms with Crippen LogP contribution in [0.5, 0.6) is 0 Å². The number of rotatable bonds is 16. The molecule has 402 valence electrons. The Balaban J connectivity index is 2.72. The van der Waals surface area contributed by atoms with Crippen molar-refractivity contribution in [3.63, 3.8) is 0 Å². The molecule has 73 heavy (non-hydrogen) atoms. The molecule has 0 aromatic heterocycles. The number of nitrogens with zero attached hydrogens (tertiary/aromatic N) is 2. The molecule has 1 aliphatic heterocycles. The average Bonchev–Trinajstić information content (AvgIpc) is 3.31. The number of allylic oxidation sites excluding steroid dienone is 2. The lowest BCUT2D eigenvalue weighted by Gasteiger charge is -2.27. The summed E-state index contributed by atoms with van der Waals surface area (Å²) in [4.78, 5) is 137. The van der Waals surface area contributed by atoms with Gasteiger partial charge >= 0.3 is 17.9 Å². The Kier molecular flexibility index (Phi) is 25.6. The minimum absolute atomic E-state index is 0.00293. The van der Waals surface area contributed by atoms with Crippen molar-refractivity contribution in [2.45, 2.75) is 142 Å². The lowest BCUT2D eigenvalue weighted by molar-refractivity contribution is -0.148. The number of guanidine groups is 1. The summed E-state index contributed by atoms with van der Waals surface area (Å²) in [6.45, 7) is 14.9. The predicted octanol–water partition coefficient (Wildman–Crippen LogP) is 0.679. The lowest BCUT2D eigenvalue weighted by Crippen LogP contribution is -2.57. The Morgan fingerprint density at radius 2 is 1.45 bits per heavy atom. The SMILES string of the molecule is C=C1C(=O)N[C@H](C)C(=O)NC(CC(C)C)C(=O)NC(C(=O)O)CC(=O)NC(CCCCN=C(N)N)C(=O)N[C@@H](/C=C/C(C)=C/[C@H](C)[C@H](Cc2ccccc2)OC(C)=O)[C@H](C)C(=O)N[C@@H](C(=O)O)CCC(=O)N1C. The zero-order valence-electron chi connectivity index (χ0n) is 42.9. The van der Waals surface area contributed by atoms with Crippen molar-refractivity contribution < 1.29 is 62.9 Å². The molecule has 0 aliphatic carbocycles. The van der Waals surface area contributed by atoms with Gasteiger partial charge in [-0.1, -0.05) is 88.4 Å². The van der Waals surface area contributed by atoms with Gasteiger partial charge in [0, 0.05) is 39.3 Å². The Morgan fingerprint density at radius 3 is 2.04 bits per heavy atom. The van der Waals surface area contributed by atoms with Gasteiger partial charge in [-0.3, -0.25) is 43.3 Å². The molecule has 1 heterocycles. The fraction of sp³-hybridized carbons (Fsp3) is 0.540. The topological polar surface area (TPSA) is 360 Å². The maximum Gasteiger partial charge on any atom is 0.326 e. The minimum atomic E-state index is -1.86. The first kappa shape index (κ1) is 61.5. The second kappa shape index (κ2) is 30.3. The summed E-state index contributed by atoms with van der Waals surface area (Å²) in [5.41, 5.74) is 12.0. The van der Waals surface area contributed by atoms with Crippen LogP contribution in [0.3, 0.4) is 0 Å². The Labute approximate surface area is 425 Å². The van der Waals surface area contributed by atoms with Crippen LogP contribution in [0.25, 0.3) is 0 Å². The number of carboxylic acids is 2. The van der Waals surface area contributed by atoms with Gasteiger partial charge in [0.1, 0.15) is 42.0 Å². The number of carbonyl (C=O) groups is 10. The fourth-order valence-corrected chi connectivity index (χ4v) is 7.49. The number of ether oxygens (including phenoxy) is 1. The number of carbonyl (C=O) groups excluding carboxylic acids is 8. The number of hydrogen-bond acceptors (Lipinski definition) is 12. The van der Waals surface area contributed by atoms with Crippen LogP contribution >= 0.6 is 0 Å². The highest BCUT2D eigenvalue weighted by Gasteiger charge is 2.34. The number of hydrogen-bond donors (Lipinski definition) is 10. The summed E-state index contributed by atoms with van der Waals surface area (Å²) in [5, 5.41) is 35.2. The molecule has 1 fully saturated rings. The van der Waals surface area contributed by atoms with Gasteiger partial charge in [-0.2, -0.15) is 0 Å². The number of carboxylic acid groups (broad SMARTS) is 2. The van der Waals surface area contributed by atoms with Crippen molar-refractivity contribution in [2.75, 3.05) is 13.6 Å². The van der Waals surface area contributed by atoms with Crippen LogP contribution < -0.4 is 43.4 Å². The molecule has 1 aliphatic rings. The van der Waals surface area contributed by atoms with E-state index in [-0.39, 0.29) is 43.6 Å². The van der Waals surface area contributed by atoms with Crippen LogP contribution in [-0.4, -0.2) is 136 Å². The molecule has 1 aromatic rings. The number of unbranched alkanes of at least 4 members (excludes halogenated alkanes) is 1. The van der Waals surface area contributed by atoms with Crippen LogP contribution in [-0.2, 0) is 59.1 Å². The molecule has 23 nitrogen and oxygen atoms in total. The summed E-state index contributed by atoms with van der Waals surface area (Å²) in [6, 6.07) is 0.603. The number of esters is 1. The largest absolute Gasteiger partial charge is 0.480 e. The number of nitrogens with one attached hydrogen (secondary N) is 6. The first-order valence-electron chi connectivity index (χ1n) is 24.1. The van der Waals surface area contributed by atoms with E-state index in [0.29, 0.717) is 18.4 Å². The molecule has 2 rings (SSSR count). The van der Waals surface area contributed by atoms with Crippen molar-refractivity contribution in [1.82, 2.24) is 36.8 Å². The standard InChI is InChI=1S/C50H74N10O13/c1-27(2)23-38-47(68)59-39(49(71)72)26-41(62)55-36(17-13-14-22-53-50(51)52)46(67)56-35(19-18-28(3)24-29(4)40(73-33(8)61)25-34-15-11-10-12-16-34)30(5)43(64)57-37(48(69)70)20-21-42(63)60(9)32(7)45(66)54-31(6)44(65)58-38/h10-12,15-16,18-19,24,27,29-31,35-40H,7,13-14,17,20-23,25-26H2,1-6,8-9H3,(H,54,66)(H,55,62)(H,56,67)(H,57,64)(H,58,65)(H,59,68)(H,69,70)(H,71,72)(H4,51,52,53)/b19-18+,28-24+/t29-,30-,31+,35-,36?,37+,38?,39?,40-/m0/s1. The second-order valence-electron chi connectivity index (χ2n) is 18.5. The molecular formula is C50H74N10O13. The summed E-state index contributed by atoms with van der Waals surface area (Å²) < 4.78 is 5.67. The highest BCUT2D eigenvalue weighted by molar-refractivity contribution is 6.00. The van der Waals surface area contributed by atoms with Gasteiger partial charge in [0.05, 0.1) is 18.4 Å². The minimum Gasteiger partial charge on any atom is -0.480 e. The van der Waals surface area contributed by atoms with E-state index in [2.05, 4.69) is 43.5 Å². The van der Waals surface area contributed by atoms with E-state index < -0.39 is 132 Å². The van der Waals surface area contributed by atoms with Gasteiger partial charge in [0.15, 0.2) is 5.96 Å². The van der Waals surface area contributed by atoms with Crippen molar-refractivity contribution in [1.29, 1.82) is 0 Å². The average molecular weight is 1020 g/mol. The number of aliphatic imine (C=N–C) groups is 1. The Hall–Kier alpha value is -7.59. The molecule has 0 spiro atoms. The zero-order valence-corrected chi connectivity index (χ0v) is 42.9. The van der Waals surface area contributed by atoms with E-state index in [1.165, 1.54) is 33.9 Å². The lowest BCUT2D eigenvalue weighted by atomic mass is 9.94. The second-order valence-corrected chi connectivity index (χ2v) is 18.5. The molecule has 7 amide bonds. The van der Waals surface area contributed by atoms with E-state index in [0.717, 1.165) is 10.5 Å². The third kappa shape index (κ3) is 22.2. The van der Waals surface area contributed by atoms with Gasteiger partial charge in [0.25, 0.3) is 5.91 Å². The van der Waals surface area contributed by atoms with E-state index in [4.69, 9.17) is 16.2 Å². The van der Waals surface area contributed by atoms with E-state index in [1.807, 2.05) is 43.3 Å². The zero-order chi connectivity index (χ0) is 55.1. The van der Waals surface area contributed by atoms with Crippen molar-refractivity contribution in [2.24, 2.45) is 34.2 Å². The normalized spacial score (nSPS) is 23.8. The number of amides is 7. The maximum absolute atomic E-state index is 14.4. The third-order valence-corrected chi connectivity index (χ3v) is 11.8. The molecule has 3 unspecified atom stereocenters. The molecule has 0 radical (unpaired) electrons. The number of likely N-dealkylation sites (N-methyl/N-ethyl adjacent to an activating group) is 1. The van der Waals surface area contributed by atoms with Gasteiger partial charge in [-0.05, 0) is 57.4 Å². The smallest absolute Gasteiger partial charge is 0.326 e. The first-order chi connectivity index (χ1) is 34.2. The molecule has 23 heteroatoms. The van der Waals surface area contributed by atoms with Crippen LogP contribution in [0.2, 0.25) is 0 Å². The summed E-state index contributed by atoms with van der Waals surface area (Å²) in [6.07, 6.45) is 3.44. The highest BCUT2D eigenvalue weighted by atomic mass is 16.5. The fourth-order valence-electron chi connectivity index (χ4n) is 7.49. The van der Waals surface area contributed by atoms with Crippen molar-refractivity contribution in [3.8, 4) is 0 Å². The van der Waals surface area contributed by atoms with Gasteiger partial charge < -0.3 is 63.2 Å². The third-order valence-electron chi connectivity index (χ3n) is 11.8. The van der Waals surface area contributed by atoms with Gasteiger partial charge in [-0.15, -0.1) is 0 Å². The monoisotopic (exact) mass is 1020 g/mol. The van der Waals surface area contributed by atoms with Crippen molar-refractivity contribution >= 4 is 65.2 Å². The quantitative estimate of drug-likeness (QED) is 0.0272. The summed E-state index contributed by atoms with van der Waals surface area (Å²) in [5.74, 6) is -11.8. The molecule has 1 aromatic carbocycles. The van der Waals surface area contributed by atoms with Gasteiger partial charge in [-0.25, -0.2) is 9.59 Å². The van der Waals surface area contributed by atoms with E-state index in [1.54, 1.807) is 26.8 Å². The Morgan fingerprint density at radius 1 is 0.836 bits per heavy atom. The number of aliphatic carboxylic acids is 2. The van der Waals surface area contributed by atoms with Crippen LogP contribution in [0.4, 0.5) is 0 Å². The molecule has 0 bridgehead atoms. The molecule has 9 atom stereocenters. The number of nitrogens with two attached hydrogens (primary N) is 2. The predicted molar refractivity (Wildman–Crippen MR) is 269 cm³/mol. The maximum atomic E-state index is 14.4. The van der Waals surface area contributed by atoms with Crippen molar-refractivity contribution in [3.05, 3.63) is 72.0 Å². The van der Waals surface area contributed by atoms with E-state index in [9.17, 15) is 58.2 Å². The van der Waals surface area contributed by atoms with Crippen LogP contribution in [0, 0.1) is 17.8 Å². The first-order valence-corrected chi connectivity index (χ1v) is 24.1. The number of benzene rings is 1. The molecular weight excluding hydrogens is 949 g/mol. The van der Waals surface area contributed by atoms with E-state index >= 15 is 0 Å². The molecule has 0 saturated carbocycles. The highest BCUT2D eigenvalue weighted by Crippen LogP contribution is 2.19. The van der Waals surface area contributed by atoms with Gasteiger partial charge in [0.2, 0.25) is 35.4 Å². The van der Waals surface area contributed by atoms with Crippen LogP contribution in [0.1, 0.15) is 99.0 Å².